The third-order valence-corrected chi connectivity index (χ3v) is 4.05. The van der Waals surface area contributed by atoms with Crippen molar-refractivity contribution in [3.8, 4) is 23.0 Å². The summed E-state index contributed by atoms with van der Waals surface area (Å²) in [6.45, 7) is 3.76. The maximum atomic E-state index is 10.7. The van der Waals surface area contributed by atoms with Crippen LogP contribution in [0.3, 0.4) is 0 Å². The fraction of sp³-hybridized carbons (Fsp3) is 0.333. The lowest BCUT2D eigenvalue weighted by atomic mass is 10.0. The number of methoxy groups -OCH3 is 3. The standard InChI is InChI=1S/C21H26O5/c1-6-7-15-8-10-18(19(12-15)24-4)26-14(2)21(22)16-9-11-17(23-3)20(13-16)25-5/h6-14,21-22H,1-5H3/t14-,21+/m0/s1. The van der Waals surface area contributed by atoms with E-state index in [0.29, 0.717) is 28.6 Å². The van der Waals surface area contributed by atoms with E-state index in [1.54, 1.807) is 46.5 Å². The van der Waals surface area contributed by atoms with Crippen LogP contribution < -0.4 is 18.9 Å². The van der Waals surface area contributed by atoms with Crippen LogP contribution in [0.1, 0.15) is 31.1 Å². The Hall–Kier alpha value is -2.66. The first kappa shape index (κ1) is 19.7. The highest BCUT2D eigenvalue weighted by Crippen LogP contribution is 2.34. The molecule has 0 saturated carbocycles. The lowest BCUT2D eigenvalue weighted by Crippen LogP contribution is -2.22. The van der Waals surface area contributed by atoms with Gasteiger partial charge in [0.15, 0.2) is 23.0 Å². The minimum Gasteiger partial charge on any atom is -0.493 e. The first-order valence-corrected chi connectivity index (χ1v) is 8.41. The van der Waals surface area contributed by atoms with Crippen LogP contribution in [0.25, 0.3) is 6.08 Å². The number of hydrogen-bond acceptors (Lipinski definition) is 5. The molecule has 0 aliphatic rings. The van der Waals surface area contributed by atoms with Crippen LogP contribution in [-0.2, 0) is 0 Å². The van der Waals surface area contributed by atoms with E-state index in [9.17, 15) is 5.11 Å². The molecule has 5 nitrogen and oxygen atoms in total. The van der Waals surface area contributed by atoms with Crippen molar-refractivity contribution in [1.29, 1.82) is 0 Å². The van der Waals surface area contributed by atoms with Gasteiger partial charge in [-0.05, 0) is 49.2 Å². The van der Waals surface area contributed by atoms with Gasteiger partial charge in [-0.1, -0.05) is 24.3 Å². The smallest absolute Gasteiger partial charge is 0.161 e. The Morgan fingerprint density at radius 2 is 1.46 bits per heavy atom. The number of aliphatic hydroxyl groups excluding tert-OH is 1. The second kappa shape index (κ2) is 9.15. The molecule has 2 aromatic rings. The first-order chi connectivity index (χ1) is 12.5. The summed E-state index contributed by atoms with van der Waals surface area (Å²) >= 11 is 0. The lowest BCUT2D eigenvalue weighted by Gasteiger charge is -2.23. The van der Waals surface area contributed by atoms with Gasteiger partial charge in [0, 0.05) is 0 Å². The molecular weight excluding hydrogens is 332 g/mol. The number of allylic oxidation sites excluding steroid dienone is 1. The van der Waals surface area contributed by atoms with Crippen molar-refractivity contribution < 1.29 is 24.1 Å². The molecule has 0 spiro atoms. The van der Waals surface area contributed by atoms with E-state index >= 15 is 0 Å². The molecule has 0 saturated heterocycles. The van der Waals surface area contributed by atoms with Crippen LogP contribution >= 0.6 is 0 Å². The van der Waals surface area contributed by atoms with Crippen LogP contribution in [0.2, 0.25) is 0 Å². The summed E-state index contributed by atoms with van der Waals surface area (Å²) in [6.07, 6.45) is 2.61. The molecule has 2 aromatic carbocycles. The largest absolute Gasteiger partial charge is 0.493 e. The molecule has 2 atom stereocenters. The fourth-order valence-electron chi connectivity index (χ4n) is 2.65. The zero-order valence-corrected chi connectivity index (χ0v) is 15.9. The highest BCUT2D eigenvalue weighted by Gasteiger charge is 2.21. The molecule has 140 valence electrons. The maximum absolute atomic E-state index is 10.7. The van der Waals surface area contributed by atoms with E-state index in [1.807, 2.05) is 37.3 Å². The Labute approximate surface area is 154 Å². The predicted octanol–water partition coefficient (Wildman–Crippen LogP) is 4.25. The van der Waals surface area contributed by atoms with Crippen molar-refractivity contribution in [2.45, 2.75) is 26.1 Å². The first-order valence-electron chi connectivity index (χ1n) is 8.41. The van der Waals surface area contributed by atoms with Crippen LogP contribution in [0, 0.1) is 0 Å². The molecule has 0 aliphatic carbocycles. The molecule has 0 bridgehead atoms. The van der Waals surface area contributed by atoms with Gasteiger partial charge in [0.1, 0.15) is 12.2 Å². The lowest BCUT2D eigenvalue weighted by molar-refractivity contribution is 0.0450. The molecule has 0 radical (unpaired) electrons. The SMILES string of the molecule is CC=Cc1ccc(O[C@@H](C)[C@@H](O)c2ccc(OC)c(OC)c2)c(OC)c1. The minimum absolute atomic E-state index is 0.491. The van der Waals surface area contributed by atoms with Crippen molar-refractivity contribution in [3.63, 3.8) is 0 Å². The summed E-state index contributed by atoms with van der Waals surface area (Å²) < 4.78 is 21.9. The molecule has 1 N–H and O–H groups in total. The topological polar surface area (TPSA) is 57.2 Å². The van der Waals surface area contributed by atoms with Crippen LogP contribution in [0.4, 0.5) is 0 Å². The number of ether oxygens (including phenoxy) is 4. The fourth-order valence-corrected chi connectivity index (χ4v) is 2.65. The third kappa shape index (κ3) is 4.49. The van der Waals surface area contributed by atoms with Gasteiger partial charge >= 0.3 is 0 Å². The van der Waals surface area contributed by atoms with Gasteiger partial charge in [-0.25, -0.2) is 0 Å². The number of benzene rings is 2. The molecular formula is C21H26O5. The van der Waals surface area contributed by atoms with Crippen molar-refractivity contribution in [2.24, 2.45) is 0 Å². The van der Waals surface area contributed by atoms with Crippen molar-refractivity contribution >= 4 is 6.08 Å². The zero-order chi connectivity index (χ0) is 19.1. The van der Waals surface area contributed by atoms with Gasteiger partial charge in [-0.15, -0.1) is 0 Å². The normalized spacial score (nSPS) is 13.3. The summed E-state index contributed by atoms with van der Waals surface area (Å²) in [6, 6.07) is 11.0. The Bertz CT molecular complexity index is 754. The summed E-state index contributed by atoms with van der Waals surface area (Å²) in [5.74, 6) is 2.36. The molecule has 26 heavy (non-hydrogen) atoms. The average molecular weight is 358 g/mol. The van der Waals surface area contributed by atoms with Crippen molar-refractivity contribution in [1.82, 2.24) is 0 Å². The zero-order valence-electron chi connectivity index (χ0n) is 15.9. The second-order valence-electron chi connectivity index (χ2n) is 5.79. The van der Waals surface area contributed by atoms with E-state index in [-0.39, 0.29) is 0 Å². The van der Waals surface area contributed by atoms with E-state index in [1.165, 1.54) is 0 Å². The third-order valence-electron chi connectivity index (χ3n) is 4.05. The summed E-state index contributed by atoms with van der Waals surface area (Å²) in [4.78, 5) is 0. The van der Waals surface area contributed by atoms with Gasteiger partial charge in [0.25, 0.3) is 0 Å². The highest BCUT2D eigenvalue weighted by molar-refractivity contribution is 5.55. The van der Waals surface area contributed by atoms with E-state index in [2.05, 4.69) is 0 Å². The number of aliphatic hydroxyl groups is 1. The van der Waals surface area contributed by atoms with E-state index < -0.39 is 12.2 Å². The molecule has 2 rings (SSSR count). The average Bonchev–Trinajstić information content (AvgIpc) is 2.67. The Morgan fingerprint density at radius 3 is 2.08 bits per heavy atom. The number of rotatable bonds is 8. The monoisotopic (exact) mass is 358 g/mol. The summed E-state index contributed by atoms with van der Waals surface area (Å²) in [5, 5.41) is 10.7. The van der Waals surface area contributed by atoms with Crippen molar-refractivity contribution in [2.75, 3.05) is 21.3 Å². The summed E-state index contributed by atoms with van der Waals surface area (Å²) in [5.41, 5.74) is 1.70. The van der Waals surface area contributed by atoms with E-state index in [0.717, 1.165) is 5.56 Å². The van der Waals surface area contributed by atoms with Crippen LogP contribution in [0.15, 0.2) is 42.5 Å². The Morgan fingerprint density at radius 1 is 0.846 bits per heavy atom. The minimum atomic E-state index is -0.838. The maximum Gasteiger partial charge on any atom is 0.161 e. The highest BCUT2D eigenvalue weighted by atomic mass is 16.5. The molecule has 0 aliphatic heterocycles. The van der Waals surface area contributed by atoms with Crippen LogP contribution in [0.5, 0.6) is 23.0 Å². The number of hydrogen-bond donors (Lipinski definition) is 1. The van der Waals surface area contributed by atoms with Gasteiger partial charge in [-0.2, -0.15) is 0 Å². The Kier molecular flexibility index (Phi) is 6.92. The predicted molar refractivity (Wildman–Crippen MR) is 102 cm³/mol. The second-order valence-corrected chi connectivity index (χ2v) is 5.79. The van der Waals surface area contributed by atoms with Gasteiger partial charge in [-0.3, -0.25) is 0 Å². The van der Waals surface area contributed by atoms with Gasteiger partial charge < -0.3 is 24.1 Å². The van der Waals surface area contributed by atoms with E-state index in [4.69, 9.17) is 18.9 Å². The van der Waals surface area contributed by atoms with Gasteiger partial charge in [0.2, 0.25) is 0 Å². The molecule has 0 heterocycles. The molecule has 0 unspecified atom stereocenters. The van der Waals surface area contributed by atoms with Crippen LogP contribution in [-0.4, -0.2) is 32.5 Å². The molecule has 5 heteroatoms. The molecule has 0 aromatic heterocycles. The van der Waals surface area contributed by atoms with Crippen molar-refractivity contribution in [3.05, 3.63) is 53.6 Å². The quantitative estimate of drug-likeness (QED) is 0.765. The molecule has 0 amide bonds. The van der Waals surface area contributed by atoms with Gasteiger partial charge in [0.05, 0.1) is 21.3 Å². The summed E-state index contributed by atoms with van der Waals surface area (Å²) in [7, 11) is 4.73. The molecule has 0 fully saturated rings. The Balaban J connectivity index is 2.20.